The maximum absolute atomic E-state index is 13.0. The summed E-state index contributed by atoms with van der Waals surface area (Å²) in [5.74, 6) is -0.551. The van der Waals surface area contributed by atoms with Gasteiger partial charge in [-0.15, -0.1) is 0 Å². The summed E-state index contributed by atoms with van der Waals surface area (Å²) < 4.78 is 23.4. The molecule has 0 aliphatic heterocycles. The molecule has 9 heteroatoms. The molecule has 32 heavy (non-hydrogen) atoms. The number of amides is 2. The summed E-state index contributed by atoms with van der Waals surface area (Å²) in [6.07, 6.45) is 1.36. The van der Waals surface area contributed by atoms with E-state index in [0.29, 0.717) is 27.6 Å². The van der Waals surface area contributed by atoms with Gasteiger partial charge in [-0.1, -0.05) is 23.7 Å². The Hall–Kier alpha value is -3.91. The summed E-state index contributed by atoms with van der Waals surface area (Å²) >= 11 is 6.04. The third-order valence-corrected chi connectivity index (χ3v) is 4.60. The summed E-state index contributed by atoms with van der Waals surface area (Å²) in [4.78, 5) is 25.4. The van der Waals surface area contributed by atoms with E-state index in [9.17, 15) is 14.0 Å². The summed E-state index contributed by atoms with van der Waals surface area (Å²) in [5.41, 5.74) is 3.62. The molecule has 0 unspecified atom stereocenters. The van der Waals surface area contributed by atoms with Gasteiger partial charge in [-0.2, -0.15) is 5.10 Å². The van der Waals surface area contributed by atoms with Crippen molar-refractivity contribution >= 4 is 35.3 Å². The van der Waals surface area contributed by atoms with Crippen LogP contribution in [0, 0.1) is 5.82 Å². The van der Waals surface area contributed by atoms with Crippen LogP contribution in [0.25, 0.3) is 0 Å². The number of hydrogen-bond acceptors (Lipinski definition) is 5. The molecule has 2 N–H and O–H groups in total. The number of anilines is 1. The number of benzene rings is 3. The van der Waals surface area contributed by atoms with E-state index < -0.39 is 11.8 Å². The first-order valence-electron chi connectivity index (χ1n) is 9.33. The zero-order valence-corrected chi connectivity index (χ0v) is 17.9. The molecule has 0 atom stereocenters. The number of ether oxygens (including phenoxy) is 2. The van der Waals surface area contributed by atoms with Gasteiger partial charge in [0.2, 0.25) is 0 Å². The van der Waals surface area contributed by atoms with Gasteiger partial charge in [0.15, 0.2) is 11.5 Å². The van der Waals surface area contributed by atoms with Crippen LogP contribution in [0.15, 0.2) is 65.8 Å². The van der Waals surface area contributed by atoms with E-state index in [2.05, 4.69) is 15.8 Å². The van der Waals surface area contributed by atoms with Crippen LogP contribution in [0.2, 0.25) is 5.02 Å². The Balaban J connectivity index is 1.77. The van der Waals surface area contributed by atoms with Gasteiger partial charge in [-0.3, -0.25) is 9.59 Å². The predicted octanol–water partition coefficient (Wildman–Crippen LogP) is 4.51. The first kappa shape index (κ1) is 22.8. The minimum absolute atomic E-state index is 0.114. The second kappa shape index (κ2) is 10.4. The third-order valence-electron chi connectivity index (χ3n) is 4.37. The van der Waals surface area contributed by atoms with Crippen molar-refractivity contribution in [1.29, 1.82) is 0 Å². The molecule has 164 valence electrons. The minimum atomic E-state index is -0.589. The van der Waals surface area contributed by atoms with Crippen molar-refractivity contribution in [3.05, 3.63) is 88.2 Å². The highest BCUT2D eigenvalue weighted by Gasteiger charge is 2.16. The van der Waals surface area contributed by atoms with E-state index in [-0.39, 0.29) is 17.1 Å². The van der Waals surface area contributed by atoms with Gasteiger partial charge >= 0.3 is 0 Å². The quantitative estimate of drug-likeness (QED) is 0.405. The van der Waals surface area contributed by atoms with Gasteiger partial charge in [0, 0.05) is 10.6 Å². The van der Waals surface area contributed by atoms with Crippen molar-refractivity contribution in [2.45, 2.75) is 0 Å². The Labute approximate surface area is 188 Å². The fraction of sp³-hybridized carbons (Fsp3) is 0.0870. The Kier molecular flexibility index (Phi) is 7.41. The fourth-order valence-electron chi connectivity index (χ4n) is 2.76. The van der Waals surface area contributed by atoms with Crippen LogP contribution in [0.3, 0.4) is 0 Å². The molecule has 0 heterocycles. The lowest BCUT2D eigenvalue weighted by Gasteiger charge is -2.12. The van der Waals surface area contributed by atoms with Gasteiger partial charge in [0.05, 0.1) is 31.7 Å². The molecule has 0 radical (unpaired) electrons. The van der Waals surface area contributed by atoms with Gasteiger partial charge in [0.1, 0.15) is 5.82 Å². The van der Waals surface area contributed by atoms with E-state index in [1.54, 1.807) is 18.2 Å². The lowest BCUT2D eigenvalue weighted by Crippen LogP contribution is -2.21. The van der Waals surface area contributed by atoms with Gasteiger partial charge in [-0.05, 0) is 54.1 Å². The lowest BCUT2D eigenvalue weighted by molar-refractivity contribution is 0.0956. The number of nitrogens with one attached hydrogen (secondary N) is 2. The van der Waals surface area contributed by atoms with Crippen molar-refractivity contribution in [3.8, 4) is 11.5 Å². The first-order valence-corrected chi connectivity index (χ1v) is 9.71. The molecular formula is C23H19ClFN3O4. The molecule has 0 aliphatic rings. The van der Waals surface area contributed by atoms with Crippen LogP contribution in [-0.4, -0.2) is 32.2 Å². The minimum Gasteiger partial charge on any atom is -0.493 e. The highest BCUT2D eigenvalue weighted by molar-refractivity contribution is 6.31. The SMILES string of the molecule is COc1ccc(C(=O)Nc2ccc(Cl)cc2C(=O)N/N=C/c2ccc(F)cc2)cc1OC. The summed E-state index contributed by atoms with van der Waals surface area (Å²) in [6.45, 7) is 0. The molecular weight excluding hydrogens is 437 g/mol. The molecule has 7 nitrogen and oxygen atoms in total. The van der Waals surface area contributed by atoms with Crippen LogP contribution in [0.4, 0.5) is 10.1 Å². The third kappa shape index (κ3) is 5.61. The van der Waals surface area contributed by atoms with Crippen molar-refractivity contribution in [1.82, 2.24) is 5.43 Å². The van der Waals surface area contributed by atoms with Crippen LogP contribution in [0.1, 0.15) is 26.3 Å². The van der Waals surface area contributed by atoms with Gasteiger partial charge in [-0.25, -0.2) is 9.82 Å². The lowest BCUT2D eigenvalue weighted by atomic mass is 10.1. The van der Waals surface area contributed by atoms with Gasteiger partial charge in [0.25, 0.3) is 11.8 Å². The number of nitrogens with zero attached hydrogens (tertiary/aromatic N) is 1. The average molecular weight is 456 g/mol. The topological polar surface area (TPSA) is 89.0 Å². The number of methoxy groups -OCH3 is 2. The predicted molar refractivity (Wildman–Crippen MR) is 120 cm³/mol. The number of hydrogen-bond donors (Lipinski definition) is 2. The maximum atomic E-state index is 13.0. The monoisotopic (exact) mass is 455 g/mol. The van der Waals surface area contributed by atoms with Crippen molar-refractivity contribution < 1.29 is 23.5 Å². The summed E-state index contributed by atoms with van der Waals surface area (Å²) in [6, 6.07) is 14.8. The average Bonchev–Trinajstić information content (AvgIpc) is 2.80. The van der Waals surface area contributed by atoms with Crippen LogP contribution in [-0.2, 0) is 0 Å². The second-order valence-corrected chi connectivity index (χ2v) is 6.90. The first-order chi connectivity index (χ1) is 15.4. The van der Waals surface area contributed by atoms with E-state index in [1.165, 1.54) is 62.9 Å². The molecule has 0 saturated heterocycles. The molecule has 3 aromatic carbocycles. The standard InChI is InChI=1S/C23H19ClFN3O4/c1-31-20-10-5-15(11-21(20)32-2)22(29)27-19-9-6-16(24)12-18(19)23(30)28-26-13-14-3-7-17(25)8-4-14/h3-13H,1-2H3,(H,27,29)(H,28,30)/b26-13+. The van der Waals surface area contributed by atoms with Crippen LogP contribution < -0.4 is 20.2 Å². The number of hydrazone groups is 1. The number of rotatable bonds is 7. The molecule has 0 bridgehead atoms. The van der Waals surface area contributed by atoms with Crippen LogP contribution >= 0.6 is 11.6 Å². The molecule has 2 amide bonds. The fourth-order valence-corrected chi connectivity index (χ4v) is 2.93. The van der Waals surface area contributed by atoms with Crippen molar-refractivity contribution in [2.75, 3.05) is 19.5 Å². The Bertz CT molecular complexity index is 1170. The maximum Gasteiger partial charge on any atom is 0.273 e. The zero-order valence-electron chi connectivity index (χ0n) is 17.2. The zero-order chi connectivity index (χ0) is 23.1. The van der Waals surface area contributed by atoms with Crippen molar-refractivity contribution in [3.63, 3.8) is 0 Å². The summed E-state index contributed by atoms with van der Waals surface area (Å²) in [7, 11) is 2.96. The molecule has 0 spiro atoms. The Morgan fingerprint density at radius 3 is 2.34 bits per heavy atom. The largest absolute Gasteiger partial charge is 0.493 e. The van der Waals surface area contributed by atoms with Gasteiger partial charge < -0.3 is 14.8 Å². The van der Waals surface area contributed by atoms with E-state index >= 15 is 0 Å². The molecule has 0 aromatic heterocycles. The van der Waals surface area contributed by atoms with E-state index in [4.69, 9.17) is 21.1 Å². The molecule has 0 saturated carbocycles. The van der Waals surface area contributed by atoms with Crippen LogP contribution in [0.5, 0.6) is 11.5 Å². The normalized spacial score (nSPS) is 10.6. The highest BCUT2D eigenvalue weighted by Crippen LogP contribution is 2.28. The smallest absolute Gasteiger partial charge is 0.273 e. The molecule has 0 fully saturated rings. The highest BCUT2D eigenvalue weighted by atomic mass is 35.5. The summed E-state index contributed by atoms with van der Waals surface area (Å²) in [5, 5.41) is 6.86. The number of halogens is 2. The van der Waals surface area contributed by atoms with E-state index in [1.807, 2.05) is 0 Å². The second-order valence-electron chi connectivity index (χ2n) is 6.46. The number of carbonyl (C=O) groups is 2. The van der Waals surface area contributed by atoms with Crippen molar-refractivity contribution in [2.24, 2.45) is 5.10 Å². The molecule has 3 aromatic rings. The molecule has 0 aliphatic carbocycles. The number of carbonyl (C=O) groups excluding carboxylic acids is 2. The van der Waals surface area contributed by atoms with E-state index in [0.717, 1.165) is 0 Å². The molecule has 3 rings (SSSR count). The Morgan fingerprint density at radius 1 is 0.938 bits per heavy atom. The Morgan fingerprint density at radius 2 is 1.66 bits per heavy atom.